The van der Waals surface area contributed by atoms with Gasteiger partial charge in [0.1, 0.15) is 10.6 Å². The number of pyridine rings is 1. The molecule has 3 rings (SSSR count). The van der Waals surface area contributed by atoms with E-state index in [4.69, 9.17) is 4.74 Å². The van der Waals surface area contributed by atoms with Crippen LogP contribution in [0, 0.1) is 0 Å². The van der Waals surface area contributed by atoms with Crippen molar-refractivity contribution in [3.63, 3.8) is 0 Å². The summed E-state index contributed by atoms with van der Waals surface area (Å²) in [5.74, 6) is 1.09. The van der Waals surface area contributed by atoms with Crippen LogP contribution in [0.2, 0.25) is 0 Å². The monoisotopic (exact) mass is 360 g/mol. The molecule has 0 radical (unpaired) electrons. The summed E-state index contributed by atoms with van der Waals surface area (Å²) in [6, 6.07) is 10.2. The Hall–Kier alpha value is -2.85. The molecule has 25 heavy (non-hydrogen) atoms. The Morgan fingerprint density at radius 1 is 1.20 bits per heavy atom. The summed E-state index contributed by atoms with van der Waals surface area (Å²) >= 11 is 0. The average Bonchev–Trinajstić information content (AvgIpc) is 3.10. The summed E-state index contributed by atoms with van der Waals surface area (Å²) < 4.78 is 33.8. The third kappa shape index (κ3) is 3.98. The Morgan fingerprint density at radius 2 is 2.00 bits per heavy atom. The first-order chi connectivity index (χ1) is 12.1. The molecule has 0 spiro atoms. The van der Waals surface area contributed by atoms with E-state index in [9.17, 15) is 8.42 Å². The Kier molecular flexibility index (Phi) is 5.00. The SMILES string of the molecule is CCOc1ccc(-n2nnnc2CNS(=O)(=O)c2cccnc2)cc1. The van der Waals surface area contributed by atoms with Crippen LogP contribution in [0.1, 0.15) is 12.7 Å². The molecule has 9 nitrogen and oxygen atoms in total. The lowest BCUT2D eigenvalue weighted by molar-refractivity contribution is 0.340. The van der Waals surface area contributed by atoms with Crippen LogP contribution in [0.5, 0.6) is 5.75 Å². The lowest BCUT2D eigenvalue weighted by Crippen LogP contribution is -2.25. The summed E-state index contributed by atoms with van der Waals surface area (Å²) in [6.07, 6.45) is 2.78. The normalized spacial score (nSPS) is 11.4. The first kappa shape index (κ1) is 17.0. The molecule has 0 fully saturated rings. The lowest BCUT2D eigenvalue weighted by Gasteiger charge is -2.08. The third-order valence-corrected chi connectivity index (χ3v) is 4.68. The van der Waals surface area contributed by atoms with Gasteiger partial charge in [0, 0.05) is 12.4 Å². The van der Waals surface area contributed by atoms with Gasteiger partial charge < -0.3 is 4.74 Å². The first-order valence-corrected chi connectivity index (χ1v) is 8.98. The van der Waals surface area contributed by atoms with Crippen molar-refractivity contribution in [3.8, 4) is 11.4 Å². The minimum atomic E-state index is -3.69. The van der Waals surface area contributed by atoms with E-state index in [1.165, 1.54) is 23.1 Å². The van der Waals surface area contributed by atoms with Gasteiger partial charge in [-0.2, -0.15) is 4.68 Å². The fourth-order valence-electron chi connectivity index (χ4n) is 2.12. The summed E-state index contributed by atoms with van der Waals surface area (Å²) in [5.41, 5.74) is 0.698. The second kappa shape index (κ2) is 7.36. The molecular weight excluding hydrogens is 344 g/mol. The van der Waals surface area contributed by atoms with Crippen LogP contribution in [0.15, 0.2) is 53.7 Å². The van der Waals surface area contributed by atoms with Gasteiger partial charge in [0.05, 0.1) is 18.8 Å². The molecule has 0 aliphatic rings. The van der Waals surface area contributed by atoms with Gasteiger partial charge in [0.2, 0.25) is 10.0 Å². The van der Waals surface area contributed by atoms with Crippen molar-refractivity contribution in [2.75, 3.05) is 6.61 Å². The van der Waals surface area contributed by atoms with E-state index in [-0.39, 0.29) is 11.4 Å². The lowest BCUT2D eigenvalue weighted by atomic mass is 10.3. The van der Waals surface area contributed by atoms with Crippen molar-refractivity contribution < 1.29 is 13.2 Å². The highest BCUT2D eigenvalue weighted by atomic mass is 32.2. The van der Waals surface area contributed by atoms with Gasteiger partial charge in [-0.25, -0.2) is 13.1 Å². The van der Waals surface area contributed by atoms with Crippen molar-refractivity contribution in [1.29, 1.82) is 0 Å². The smallest absolute Gasteiger partial charge is 0.242 e. The molecule has 10 heteroatoms. The van der Waals surface area contributed by atoms with Gasteiger partial charge in [-0.15, -0.1) is 5.10 Å². The predicted molar refractivity (Wildman–Crippen MR) is 88.6 cm³/mol. The fourth-order valence-corrected chi connectivity index (χ4v) is 3.06. The highest BCUT2D eigenvalue weighted by molar-refractivity contribution is 7.89. The summed E-state index contributed by atoms with van der Waals surface area (Å²) in [6.45, 7) is 2.42. The third-order valence-electron chi connectivity index (χ3n) is 3.29. The molecule has 0 aliphatic carbocycles. The quantitative estimate of drug-likeness (QED) is 0.667. The van der Waals surface area contributed by atoms with Gasteiger partial charge in [-0.05, 0) is 53.7 Å². The first-order valence-electron chi connectivity index (χ1n) is 7.50. The van der Waals surface area contributed by atoms with Gasteiger partial charge in [-0.3, -0.25) is 4.98 Å². The molecule has 0 bridgehead atoms. The van der Waals surface area contributed by atoms with Crippen molar-refractivity contribution in [2.24, 2.45) is 0 Å². The number of hydrogen-bond acceptors (Lipinski definition) is 7. The van der Waals surface area contributed by atoms with Crippen LogP contribution in [0.3, 0.4) is 0 Å². The molecule has 2 heterocycles. The van der Waals surface area contributed by atoms with Crippen molar-refractivity contribution in [2.45, 2.75) is 18.4 Å². The number of nitrogens with zero attached hydrogens (tertiary/aromatic N) is 5. The van der Waals surface area contributed by atoms with E-state index >= 15 is 0 Å². The predicted octanol–water partition coefficient (Wildman–Crippen LogP) is 0.934. The molecule has 0 saturated carbocycles. The largest absolute Gasteiger partial charge is 0.494 e. The number of aromatic nitrogens is 5. The molecule has 0 atom stereocenters. The number of hydrogen-bond donors (Lipinski definition) is 1. The average molecular weight is 360 g/mol. The van der Waals surface area contributed by atoms with Crippen LogP contribution in [-0.4, -0.2) is 40.2 Å². The summed E-state index contributed by atoms with van der Waals surface area (Å²) in [4.78, 5) is 3.89. The molecular formula is C15H16N6O3S. The number of rotatable bonds is 7. The van der Waals surface area contributed by atoms with E-state index in [2.05, 4.69) is 25.2 Å². The van der Waals surface area contributed by atoms with Crippen molar-refractivity contribution in [1.82, 2.24) is 29.9 Å². The van der Waals surface area contributed by atoms with Crippen LogP contribution in [0.4, 0.5) is 0 Å². The van der Waals surface area contributed by atoms with E-state index in [1.54, 1.807) is 30.3 Å². The second-order valence-corrected chi connectivity index (χ2v) is 6.71. The zero-order valence-corrected chi connectivity index (χ0v) is 14.2. The van der Waals surface area contributed by atoms with Crippen LogP contribution >= 0.6 is 0 Å². The Morgan fingerprint density at radius 3 is 2.68 bits per heavy atom. The highest BCUT2D eigenvalue weighted by Gasteiger charge is 2.16. The molecule has 0 unspecified atom stereocenters. The molecule has 130 valence electrons. The number of benzene rings is 1. The van der Waals surface area contributed by atoms with Gasteiger partial charge >= 0.3 is 0 Å². The standard InChI is InChI=1S/C15H16N6O3S/c1-2-24-13-7-5-12(6-8-13)21-15(18-19-20-21)11-17-25(22,23)14-4-3-9-16-10-14/h3-10,17H,2,11H2,1H3. The fraction of sp³-hybridized carbons (Fsp3) is 0.200. The molecule has 0 saturated heterocycles. The number of sulfonamides is 1. The Balaban J connectivity index is 1.76. The highest BCUT2D eigenvalue weighted by Crippen LogP contribution is 2.15. The van der Waals surface area contributed by atoms with E-state index in [1.807, 2.05) is 6.92 Å². The van der Waals surface area contributed by atoms with Crippen LogP contribution in [0.25, 0.3) is 5.69 Å². The van der Waals surface area contributed by atoms with Gasteiger partial charge in [0.15, 0.2) is 5.82 Å². The Labute approximate surface area is 144 Å². The van der Waals surface area contributed by atoms with Crippen molar-refractivity contribution >= 4 is 10.0 Å². The van der Waals surface area contributed by atoms with E-state index in [0.29, 0.717) is 18.1 Å². The van der Waals surface area contributed by atoms with Crippen LogP contribution in [-0.2, 0) is 16.6 Å². The number of nitrogens with one attached hydrogen (secondary N) is 1. The minimum absolute atomic E-state index is 0.0581. The zero-order valence-electron chi connectivity index (χ0n) is 13.4. The molecule has 0 amide bonds. The van der Waals surface area contributed by atoms with Gasteiger partial charge in [-0.1, -0.05) is 0 Å². The topological polar surface area (TPSA) is 112 Å². The zero-order chi connectivity index (χ0) is 17.7. The molecule has 1 aromatic carbocycles. The second-order valence-electron chi connectivity index (χ2n) is 4.95. The molecule has 0 aliphatic heterocycles. The van der Waals surface area contributed by atoms with Crippen molar-refractivity contribution in [3.05, 3.63) is 54.6 Å². The maximum Gasteiger partial charge on any atom is 0.242 e. The van der Waals surface area contributed by atoms with E-state index in [0.717, 1.165) is 5.75 Å². The van der Waals surface area contributed by atoms with Gasteiger partial charge in [0.25, 0.3) is 0 Å². The minimum Gasteiger partial charge on any atom is -0.494 e. The maximum absolute atomic E-state index is 12.2. The number of tetrazole rings is 1. The summed E-state index contributed by atoms with van der Waals surface area (Å²) in [5, 5.41) is 11.4. The molecule has 2 aromatic heterocycles. The number of ether oxygens (including phenoxy) is 1. The Bertz CT molecular complexity index is 925. The molecule has 1 N–H and O–H groups in total. The molecule has 3 aromatic rings. The maximum atomic E-state index is 12.2. The van der Waals surface area contributed by atoms with Crippen LogP contribution < -0.4 is 9.46 Å². The van der Waals surface area contributed by atoms with E-state index < -0.39 is 10.0 Å². The summed E-state index contributed by atoms with van der Waals surface area (Å²) in [7, 11) is -3.69.